The van der Waals surface area contributed by atoms with Crippen LogP contribution in [0.4, 0.5) is 0 Å². The summed E-state index contributed by atoms with van der Waals surface area (Å²) in [5.74, 6) is 2.27. The molecule has 0 aromatic heterocycles. The van der Waals surface area contributed by atoms with Crippen molar-refractivity contribution < 1.29 is 19.3 Å². The van der Waals surface area contributed by atoms with Gasteiger partial charge in [0.05, 0.1) is 21.3 Å². The van der Waals surface area contributed by atoms with Gasteiger partial charge in [-0.25, -0.2) is 0 Å². The van der Waals surface area contributed by atoms with Crippen molar-refractivity contribution in [2.24, 2.45) is 0 Å². The van der Waals surface area contributed by atoms with Crippen molar-refractivity contribution in [1.82, 2.24) is 0 Å². The number of hydrogen-bond acceptors (Lipinski definition) is 4. The first-order valence-electron chi connectivity index (χ1n) is 6.92. The van der Waals surface area contributed by atoms with Gasteiger partial charge in [0, 0.05) is 11.6 Å². The zero-order chi connectivity index (χ0) is 15.9. The number of hydrogen-bond donors (Lipinski definition) is 1. The van der Waals surface area contributed by atoms with Gasteiger partial charge in [-0.05, 0) is 30.2 Å². The fraction of sp³-hybridized carbons (Fsp3) is 0.222. The molecule has 2 aromatic rings. The Morgan fingerprint density at radius 1 is 0.909 bits per heavy atom. The highest BCUT2D eigenvalue weighted by atomic mass is 16.5. The highest BCUT2D eigenvalue weighted by Crippen LogP contribution is 2.35. The Balaban J connectivity index is 2.22. The Kier molecular flexibility index (Phi) is 5.31. The molecule has 2 aromatic carbocycles. The Morgan fingerprint density at radius 3 is 2.23 bits per heavy atom. The van der Waals surface area contributed by atoms with Crippen molar-refractivity contribution >= 4 is 6.08 Å². The van der Waals surface area contributed by atoms with E-state index in [0.717, 1.165) is 11.1 Å². The van der Waals surface area contributed by atoms with Crippen LogP contribution >= 0.6 is 0 Å². The third-order valence-corrected chi connectivity index (χ3v) is 3.30. The molecule has 0 bridgehead atoms. The Morgan fingerprint density at radius 2 is 1.59 bits per heavy atom. The molecule has 0 aliphatic heterocycles. The molecular weight excluding hydrogens is 280 g/mol. The molecule has 1 N–H and O–H groups in total. The van der Waals surface area contributed by atoms with Crippen LogP contribution in [-0.4, -0.2) is 26.4 Å². The second-order valence-corrected chi connectivity index (χ2v) is 4.73. The van der Waals surface area contributed by atoms with Crippen LogP contribution in [-0.2, 0) is 6.42 Å². The monoisotopic (exact) mass is 300 g/mol. The maximum Gasteiger partial charge on any atom is 0.164 e. The molecule has 0 fully saturated rings. The largest absolute Gasteiger partial charge is 0.508 e. The minimum Gasteiger partial charge on any atom is -0.508 e. The summed E-state index contributed by atoms with van der Waals surface area (Å²) in [7, 11) is 4.81. The summed E-state index contributed by atoms with van der Waals surface area (Å²) < 4.78 is 16.0. The minimum atomic E-state index is 0.273. The molecule has 0 aliphatic carbocycles. The van der Waals surface area contributed by atoms with E-state index in [2.05, 4.69) is 0 Å². The molecule has 0 atom stereocenters. The van der Waals surface area contributed by atoms with E-state index >= 15 is 0 Å². The Bertz CT molecular complexity index is 662. The highest BCUT2D eigenvalue weighted by Gasteiger charge is 2.09. The number of rotatable bonds is 6. The second kappa shape index (κ2) is 7.41. The lowest BCUT2D eigenvalue weighted by Crippen LogP contribution is -1.94. The van der Waals surface area contributed by atoms with Crippen molar-refractivity contribution in [2.75, 3.05) is 21.3 Å². The summed E-state index contributed by atoms with van der Waals surface area (Å²) in [6.07, 6.45) is 4.69. The maximum atomic E-state index is 9.46. The first-order valence-corrected chi connectivity index (χ1v) is 6.92. The fourth-order valence-electron chi connectivity index (χ4n) is 2.19. The van der Waals surface area contributed by atoms with Crippen LogP contribution in [0.3, 0.4) is 0 Å². The van der Waals surface area contributed by atoms with Crippen molar-refractivity contribution in [2.45, 2.75) is 6.42 Å². The van der Waals surface area contributed by atoms with E-state index < -0.39 is 0 Å². The molecule has 0 unspecified atom stereocenters. The van der Waals surface area contributed by atoms with Gasteiger partial charge in [-0.3, -0.25) is 0 Å². The van der Waals surface area contributed by atoms with Crippen molar-refractivity contribution in [1.29, 1.82) is 0 Å². The van der Waals surface area contributed by atoms with Gasteiger partial charge in [-0.1, -0.05) is 24.3 Å². The number of phenols is 1. The zero-order valence-corrected chi connectivity index (χ0v) is 13.0. The fourth-order valence-corrected chi connectivity index (χ4v) is 2.19. The molecule has 0 saturated carbocycles. The van der Waals surface area contributed by atoms with Crippen LogP contribution in [0, 0.1) is 0 Å². The van der Waals surface area contributed by atoms with Gasteiger partial charge in [0.1, 0.15) is 11.5 Å². The van der Waals surface area contributed by atoms with E-state index in [1.54, 1.807) is 39.5 Å². The quantitative estimate of drug-likeness (QED) is 0.884. The van der Waals surface area contributed by atoms with Crippen LogP contribution in [0.1, 0.15) is 11.1 Å². The summed E-state index contributed by atoms with van der Waals surface area (Å²) in [5, 5.41) is 9.46. The van der Waals surface area contributed by atoms with Crippen molar-refractivity contribution in [3.8, 4) is 23.0 Å². The molecule has 0 saturated heterocycles. The van der Waals surface area contributed by atoms with Gasteiger partial charge >= 0.3 is 0 Å². The summed E-state index contributed by atoms with van der Waals surface area (Å²) in [5.41, 5.74) is 1.94. The average Bonchev–Trinajstić information content (AvgIpc) is 2.54. The summed E-state index contributed by atoms with van der Waals surface area (Å²) in [6, 6.07) is 10.9. The molecule has 4 nitrogen and oxygen atoms in total. The Hall–Kier alpha value is -2.62. The molecule has 0 aliphatic rings. The van der Waals surface area contributed by atoms with Gasteiger partial charge < -0.3 is 19.3 Å². The number of phenolic OH excluding ortho intramolecular Hbond substituents is 1. The van der Waals surface area contributed by atoms with E-state index in [1.165, 1.54) is 0 Å². The lowest BCUT2D eigenvalue weighted by Gasteiger charge is -2.12. The lowest BCUT2D eigenvalue weighted by atomic mass is 10.1. The van der Waals surface area contributed by atoms with Crippen LogP contribution in [0.5, 0.6) is 23.0 Å². The molecule has 0 radical (unpaired) electrons. The third-order valence-electron chi connectivity index (χ3n) is 3.30. The predicted molar refractivity (Wildman–Crippen MR) is 86.9 cm³/mol. The lowest BCUT2D eigenvalue weighted by molar-refractivity contribution is 0.348. The zero-order valence-electron chi connectivity index (χ0n) is 13.0. The number of benzene rings is 2. The molecule has 2 rings (SSSR count). The normalized spacial score (nSPS) is 10.7. The highest BCUT2D eigenvalue weighted by molar-refractivity contribution is 5.63. The Labute approximate surface area is 130 Å². The van der Waals surface area contributed by atoms with E-state index in [1.807, 2.05) is 30.4 Å². The number of aromatic hydroxyl groups is 1. The molecule has 0 spiro atoms. The average molecular weight is 300 g/mol. The second-order valence-electron chi connectivity index (χ2n) is 4.73. The summed E-state index contributed by atoms with van der Waals surface area (Å²) in [6.45, 7) is 0. The van der Waals surface area contributed by atoms with E-state index in [-0.39, 0.29) is 5.75 Å². The molecule has 116 valence electrons. The van der Waals surface area contributed by atoms with Gasteiger partial charge in [-0.2, -0.15) is 0 Å². The van der Waals surface area contributed by atoms with Crippen LogP contribution in [0.2, 0.25) is 0 Å². The minimum absolute atomic E-state index is 0.273. The molecular formula is C18H20O4. The predicted octanol–water partition coefficient (Wildman–Crippen LogP) is 3.67. The van der Waals surface area contributed by atoms with Crippen LogP contribution < -0.4 is 14.2 Å². The number of allylic oxidation sites excluding steroid dienone is 1. The molecule has 0 amide bonds. The van der Waals surface area contributed by atoms with Crippen LogP contribution in [0.25, 0.3) is 6.08 Å². The maximum absolute atomic E-state index is 9.46. The molecule has 0 heterocycles. The third kappa shape index (κ3) is 3.73. The van der Waals surface area contributed by atoms with Gasteiger partial charge in [-0.15, -0.1) is 0 Å². The van der Waals surface area contributed by atoms with Gasteiger partial charge in [0.2, 0.25) is 0 Å². The van der Waals surface area contributed by atoms with Crippen molar-refractivity contribution in [3.63, 3.8) is 0 Å². The van der Waals surface area contributed by atoms with Gasteiger partial charge in [0.15, 0.2) is 11.5 Å². The summed E-state index contributed by atoms with van der Waals surface area (Å²) >= 11 is 0. The SMILES string of the molecule is COc1cc(OC)c(OC)cc1/C=C/Cc1cccc(O)c1. The molecule has 4 heteroatoms. The topological polar surface area (TPSA) is 47.9 Å². The number of ether oxygens (including phenoxy) is 3. The molecule has 22 heavy (non-hydrogen) atoms. The smallest absolute Gasteiger partial charge is 0.164 e. The van der Waals surface area contributed by atoms with Crippen molar-refractivity contribution in [3.05, 3.63) is 53.6 Å². The first kappa shape index (κ1) is 15.8. The van der Waals surface area contributed by atoms with E-state index in [9.17, 15) is 5.11 Å². The first-order chi connectivity index (χ1) is 10.7. The van der Waals surface area contributed by atoms with E-state index in [4.69, 9.17) is 14.2 Å². The van der Waals surface area contributed by atoms with Crippen LogP contribution in [0.15, 0.2) is 42.5 Å². The van der Waals surface area contributed by atoms with Gasteiger partial charge in [0.25, 0.3) is 0 Å². The standard InChI is InChI=1S/C18H20O4/c1-20-16-12-18(22-3)17(21-2)11-14(16)8-4-6-13-7-5-9-15(19)10-13/h4-5,7-12,19H,6H2,1-3H3/b8-4+. The number of methoxy groups -OCH3 is 3. The summed E-state index contributed by atoms with van der Waals surface area (Å²) in [4.78, 5) is 0. The van der Waals surface area contributed by atoms with E-state index in [0.29, 0.717) is 23.7 Å².